The van der Waals surface area contributed by atoms with E-state index in [0.717, 1.165) is 5.92 Å². The fourth-order valence-corrected chi connectivity index (χ4v) is 4.62. The van der Waals surface area contributed by atoms with E-state index in [1.807, 2.05) is 0 Å². The molecule has 3 atom stereocenters. The standard InChI is InChI=1S/C16H25N/c1-12-6-7-14-15(2,3)9-5-10-16(14,4)13(12)8-11-17/h6,13-14H,5,7-10H2,1-4H3. The van der Waals surface area contributed by atoms with E-state index in [2.05, 4.69) is 39.8 Å². The molecule has 0 aromatic heterocycles. The number of fused-ring (bicyclic) bond motifs is 1. The van der Waals surface area contributed by atoms with E-state index in [1.165, 1.54) is 31.3 Å². The minimum Gasteiger partial charge on any atom is -0.198 e. The monoisotopic (exact) mass is 231 g/mol. The maximum atomic E-state index is 9.09. The summed E-state index contributed by atoms with van der Waals surface area (Å²) in [5.41, 5.74) is 2.26. The van der Waals surface area contributed by atoms with E-state index in [4.69, 9.17) is 5.26 Å². The molecule has 1 fully saturated rings. The minimum absolute atomic E-state index is 0.357. The summed E-state index contributed by atoms with van der Waals surface area (Å²) in [6.07, 6.45) is 8.30. The van der Waals surface area contributed by atoms with Gasteiger partial charge >= 0.3 is 0 Å². The van der Waals surface area contributed by atoms with Gasteiger partial charge in [-0.3, -0.25) is 0 Å². The van der Waals surface area contributed by atoms with Crippen LogP contribution in [-0.2, 0) is 0 Å². The minimum atomic E-state index is 0.357. The molecule has 2 aliphatic rings. The van der Waals surface area contributed by atoms with Crippen LogP contribution >= 0.6 is 0 Å². The summed E-state index contributed by atoms with van der Waals surface area (Å²) in [4.78, 5) is 0. The predicted molar refractivity (Wildman–Crippen MR) is 71.3 cm³/mol. The Kier molecular flexibility index (Phi) is 3.10. The summed E-state index contributed by atoms with van der Waals surface area (Å²) in [5, 5.41) is 9.09. The van der Waals surface area contributed by atoms with Crippen molar-refractivity contribution < 1.29 is 0 Å². The fraction of sp³-hybridized carbons (Fsp3) is 0.812. The first-order valence-electron chi connectivity index (χ1n) is 6.95. The highest BCUT2D eigenvalue weighted by Gasteiger charge is 2.51. The van der Waals surface area contributed by atoms with E-state index in [9.17, 15) is 0 Å². The van der Waals surface area contributed by atoms with E-state index >= 15 is 0 Å². The molecule has 17 heavy (non-hydrogen) atoms. The van der Waals surface area contributed by atoms with Crippen molar-refractivity contribution in [2.45, 2.75) is 59.8 Å². The highest BCUT2D eigenvalue weighted by molar-refractivity contribution is 5.19. The van der Waals surface area contributed by atoms with Gasteiger partial charge in [0.1, 0.15) is 0 Å². The molecule has 2 rings (SSSR count). The molecule has 94 valence electrons. The Balaban J connectivity index is 2.39. The number of rotatable bonds is 1. The van der Waals surface area contributed by atoms with Crippen LogP contribution in [-0.4, -0.2) is 0 Å². The van der Waals surface area contributed by atoms with Crippen LogP contribution in [0.3, 0.4) is 0 Å². The average Bonchev–Trinajstić information content (AvgIpc) is 2.22. The second-order valence-electron chi connectivity index (χ2n) is 7.00. The molecule has 1 saturated carbocycles. The molecule has 1 nitrogen and oxygen atoms in total. The van der Waals surface area contributed by atoms with Gasteiger partial charge in [0.05, 0.1) is 6.07 Å². The van der Waals surface area contributed by atoms with Crippen LogP contribution in [0.2, 0.25) is 0 Å². The van der Waals surface area contributed by atoms with Crippen LogP contribution in [0.1, 0.15) is 59.8 Å². The van der Waals surface area contributed by atoms with Crippen molar-refractivity contribution in [1.29, 1.82) is 5.26 Å². The number of allylic oxidation sites excluding steroid dienone is 2. The SMILES string of the molecule is CC1=CCC2C(C)(C)CCCC2(C)C1CC#N. The van der Waals surface area contributed by atoms with Gasteiger partial charge in [-0.2, -0.15) is 5.26 Å². The molecule has 0 aromatic carbocycles. The van der Waals surface area contributed by atoms with Gasteiger partial charge in [0.25, 0.3) is 0 Å². The molecular weight excluding hydrogens is 206 g/mol. The first-order valence-corrected chi connectivity index (χ1v) is 6.95. The first kappa shape index (κ1) is 12.7. The smallest absolute Gasteiger partial charge is 0.0628 e. The van der Waals surface area contributed by atoms with Crippen molar-refractivity contribution in [3.8, 4) is 6.07 Å². The summed E-state index contributed by atoms with van der Waals surface area (Å²) in [6.45, 7) is 9.52. The number of hydrogen-bond donors (Lipinski definition) is 0. The van der Waals surface area contributed by atoms with E-state index in [0.29, 0.717) is 23.2 Å². The summed E-state index contributed by atoms with van der Waals surface area (Å²) >= 11 is 0. The molecular formula is C16H25N. The molecule has 0 saturated heterocycles. The number of hydrogen-bond acceptors (Lipinski definition) is 1. The molecule has 0 amide bonds. The Morgan fingerprint density at radius 2 is 2.06 bits per heavy atom. The van der Waals surface area contributed by atoms with Gasteiger partial charge in [-0.15, -0.1) is 0 Å². The van der Waals surface area contributed by atoms with Gasteiger partial charge in [-0.25, -0.2) is 0 Å². The predicted octanol–water partition coefficient (Wildman–Crippen LogP) is 4.70. The summed E-state index contributed by atoms with van der Waals surface area (Å²) in [7, 11) is 0. The molecule has 1 heteroatoms. The van der Waals surface area contributed by atoms with E-state index < -0.39 is 0 Å². The Morgan fingerprint density at radius 3 is 2.71 bits per heavy atom. The molecule has 3 unspecified atom stereocenters. The van der Waals surface area contributed by atoms with Crippen LogP contribution in [0, 0.1) is 34.0 Å². The first-order chi connectivity index (χ1) is 7.92. The van der Waals surface area contributed by atoms with Gasteiger partial charge in [-0.1, -0.05) is 38.8 Å². The highest BCUT2D eigenvalue weighted by Crippen LogP contribution is 2.60. The van der Waals surface area contributed by atoms with Crippen LogP contribution in [0.15, 0.2) is 11.6 Å². The van der Waals surface area contributed by atoms with Crippen LogP contribution < -0.4 is 0 Å². The van der Waals surface area contributed by atoms with Crippen molar-refractivity contribution in [2.24, 2.45) is 22.7 Å². The maximum Gasteiger partial charge on any atom is 0.0628 e. The highest BCUT2D eigenvalue weighted by atomic mass is 14.6. The fourth-order valence-electron chi connectivity index (χ4n) is 4.62. The second kappa shape index (κ2) is 4.16. The van der Waals surface area contributed by atoms with Crippen molar-refractivity contribution in [2.75, 3.05) is 0 Å². The van der Waals surface area contributed by atoms with Crippen molar-refractivity contribution >= 4 is 0 Å². The van der Waals surface area contributed by atoms with E-state index in [1.54, 1.807) is 0 Å². The molecule has 0 aromatic rings. The Labute approximate surface area is 106 Å². The largest absolute Gasteiger partial charge is 0.198 e. The van der Waals surface area contributed by atoms with Crippen LogP contribution in [0.25, 0.3) is 0 Å². The zero-order valence-electron chi connectivity index (χ0n) is 11.7. The lowest BCUT2D eigenvalue weighted by Gasteiger charge is -2.56. The second-order valence-corrected chi connectivity index (χ2v) is 7.00. The zero-order chi connectivity index (χ0) is 12.7. The quantitative estimate of drug-likeness (QED) is 0.600. The lowest BCUT2D eigenvalue weighted by molar-refractivity contribution is -0.0356. The number of nitrogens with zero attached hydrogens (tertiary/aromatic N) is 1. The van der Waals surface area contributed by atoms with Crippen LogP contribution in [0.4, 0.5) is 0 Å². The molecule has 0 spiro atoms. The van der Waals surface area contributed by atoms with Gasteiger partial charge in [-0.05, 0) is 48.9 Å². The van der Waals surface area contributed by atoms with Crippen molar-refractivity contribution in [1.82, 2.24) is 0 Å². The van der Waals surface area contributed by atoms with Gasteiger partial charge in [0.2, 0.25) is 0 Å². The van der Waals surface area contributed by atoms with Crippen LogP contribution in [0.5, 0.6) is 0 Å². The summed E-state index contributed by atoms with van der Waals surface area (Å²) < 4.78 is 0. The Morgan fingerprint density at radius 1 is 1.35 bits per heavy atom. The Hall–Kier alpha value is -0.770. The summed E-state index contributed by atoms with van der Waals surface area (Å²) in [5.74, 6) is 1.25. The third kappa shape index (κ3) is 1.92. The molecule has 0 aliphatic heterocycles. The number of nitriles is 1. The summed E-state index contributed by atoms with van der Waals surface area (Å²) in [6, 6.07) is 2.41. The van der Waals surface area contributed by atoms with Gasteiger partial charge in [0, 0.05) is 6.42 Å². The zero-order valence-corrected chi connectivity index (χ0v) is 11.7. The molecule has 0 bridgehead atoms. The van der Waals surface area contributed by atoms with E-state index in [-0.39, 0.29) is 0 Å². The maximum absolute atomic E-state index is 9.09. The Bertz CT molecular complexity index is 371. The molecule has 0 N–H and O–H groups in total. The lowest BCUT2D eigenvalue weighted by atomic mass is 9.48. The van der Waals surface area contributed by atoms with Crippen molar-refractivity contribution in [3.63, 3.8) is 0 Å². The molecule has 2 aliphatic carbocycles. The van der Waals surface area contributed by atoms with Crippen molar-refractivity contribution in [3.05, 3.63) is 11.6 Å². The normalized spacial score (nSPS) is 40.1. The average molecular weight is 231 g/mol. The van der Waals surface area contributed by atoms with Gasteiger partial charge < -0.3 is 0 Å². The molecule has 0 radical (unpaired) electrons. The van der Waals surface area contributed by atoms with Gasteiger partial charge in [0.15, 0.2) is 0 Å². The topological polar surface area (TPSA) is 23.8 Å². The lowest BCUT2D eigenvalue weighted by Crippen LogP contribution is -2.48. The third-order valence-corrected chi connectivity index (χ3v) is 5.59. The third-order valence-electron chi connectivity index (χ3n) is 5.59. The molecule has 0 heterocycles.